The lowest BCUT2D eigenvalue weighted by atomic mass is 10.2. The van der Waals surface area contributed by atoms with Gasteiger partial charge in [-0.1, -0.05) is 12.1 Å². The number of hydrogen-bond acceptors (Lipinski definition) is 4. The van der Waals surface area contributed by atoms with Crippen molar-refractivity contribution in [2.45, 2.75) is 26.3 Å². The van der Waals surface area contributed by atoms with Gasteiger partial charge in [0.1, 0.15) is 5.75 Å². The largest absolute Gasteiger partial charge is 0.491 e. The lowest BCUT2D eigenvalue weighted by molar-refractivity contribution is -0.133. The summed E-state index contributed by atoms with van der Waals surface area (Å²) in [5.41, 5.74) is 6.30. The van der Waals surface area contributed by atoms with Gasteiger partial charge in [0.05, 0.1) is 25.3 Å². The molecule has 5 nitrogen and oxygen atoms in total. The number of nitrogens with two attached hydrogens (primary N) is 1. The minimum atomic E-state index is -0.0313. The molecule has 0 spiro atoms. The van der Waals surface area contributed by atoms with E-state index in [9.17, 15) is 4.79 Å². The molecule has 0 aromatic heterocycles. The number of benzene rings is 1. The van der Waals surface area contributed by atoms with Crippen molar-refractivity contribution >= 4 is 11.6 Å². The Morgan fingerprint density at radius 1 is 1.42 bits per heavy atom. The number of para-hydroxylation sites is 2. The van der Waals surface area contributed by atoms with E-state index >= 15 is 0 Å². The zero-order chi connectivity index (χ0) is 14.3. The van der Waals surface area contributed by atoms with Crippen LogP contribution in [0.3, 0.4) is 0 Å². The first kappa shape index (κ1) is 15.3. The lowest BCUT2D eigenvalue weighted by Gasteiger charge is -2.26. The molecule has 1 amide bonds. The number of hydrogen-bond donors (Lipinski definition) is 2. The Hall–Kier alpha value is -1.75. The minimum Gasteiger partial charge on any atom is -0.491 e. The van der Waals surface area contributed by atoms with E-state index in [2.05, 4.69) is 0 Å². The van der Waals surface area contributed by atoms with Gasteiger partial charge in [0.25, 0.3) is 0 Å². The number of amides is 1. The summed E-state index contributed by atoms with van der Waals surface area (Å²) in [6.45, 7) is 4.44. The molecule has 0 aliphatic heterocycles. The van der Waals surface area contributed by atoms with Gasteiger partial charge in [0.2, 0.25) is 5.91 Å². The summed E-state index contributed by atoms with van der Waals surface area (Å²) in [5.74, 6) is 0.562. The number of aliphatic hydroxyl groups excluding tert-OH is 1. The molecule has 0 aliphatic rings. The van der Waals surface area contributed by atoms with Crippen molar-refractivity contribution in [2.24, 2.45) is 0 Å². The van der Waals surface area contributed by atoms with Crippen LogP contribution in [0.4, 0.5) is 5.69 Å². The van der Waals surface area contributed by atoms with Crippen LogP contribution in [0, 0.1) is 0 Å². The average Bonchev–Trinajstić information content (AvgIpc) is 2.37. The third kappa shape index (κ3) is 4.79. The summed E-state index contributed by atoms with van der Waals surface area (Å²) in [7, 11) is 0. The lowest BCUT2D eigenvalue weighted by Crippen LogP contribution is -2.39. The average molecular weight is 266 g/mol. The van der Waals surface area contributed by atoms with E-state index < -0.39 is 0 Å². The van der Waals surface area contributed by atoms with Crippen molar-refractivity contribution in [1.29, 1.82) is 0 Å². The summed E-state index contributed by atoms with van der Waals surface area (Å²) < 4.78 is 5.48. The quantitative estimate of drug-likeness (QED) is 0.729. The number of nitrogens with zero attached hydrogens (tertiary/aromatic N) is 1. The molecule has 0 aliphatic carbocycles. The first-order valence-electron chi connectivity index (χ1n) is 6.44. The zero-order valence-electron chi connectivity index (χ0n) is 11.5. The number of carbonyl (C=O) groups is 1. The van der Waals surface area contributed by atoms with Gasteiger partial charge < -0.3 is 20.5 Å². The molecule has 0 bridgehead atoms. The van der Waals surface area contributed by atoms with Gasteiger partial charge in [-0.2, -0.15) is 0 Å². The van der Waals surface area contributed by atoms with Gasteiger partial charge in [-0.15, -0.1) is 0 Å². The van der Waals surface area contributed by atoms with Crippen molar-refractivity contribution in [2.75, 3.05) is 25.5 Å². The second-order valence-electron chi connectivity index (χ2n) is 4.54. The molecule has 3 N–H and O–H groups in total. The van der Waals surface area contributed by atoms with Gasteiger partial charge >= 0.3 is 0 Å². The molecule has 1 aromatic carbocycles. The third-order valence-electron chi connectivity index (χ3n) is 2.78. The molecule has 1 aromatic rings. The van der Waals surface area contributed by atoms with E-state index in [-0.39, 0.29) is 31.6 Å². The highest BCUT2D eigenvalue weighted by atomic mass is 16.5. The summed E-state index contributed by atoms with van der Waals surface area (Å²) in [5, 5.41) is 8.93. The molecule has 0 saturated carbocycles. The maximum Gasteiger partial charge on any atom is 0.226 e. The van der Waals surface area contributed by atoms with Gasteiger partial charge in [0, 0.05) is 12.6 Å². The van der Waals surface area contributed by atoms with Gasteiger partial charge in [-0.25, -0.2) is 0 Å². The normalized spacial score (nSPS) is 10.5. The maximum atomic E-state index is 12.0. The van der Waals surface area contributed by atoms with Gasteiger partial charge in [0.15, 0.2) is 0 Å². The van der Waals surface area contributed by atoms with Crippen LogP contribution in [-0.4, -0.2) is 41.7 Å². The molecule has 1 rings (SSSR count). The van der Waals surface area contributed by atoms with Crippen molar-refractivity contribution in [3.05, 3.63) is 24.3 Å². The van der Waals surface area contributed by atoms with Crippen LogP contribution in [-0.2, 0) is 4.79 Å². The van der Waals surface area contributed by atoms with E-state index in [4.69, 9.17) is 15.6 Å². The Morgan fingerprint density at radius 3 is 2.68 bits per heavy atom. The Labute approximate surface area is 114 Å². The number of anilines is 1. The topological polar surface area (TPSA) is 75.8 Å². The van der Waals surface area contributed by atoms with E-state index in [0.29, 0.717) is 18.0 Å². The van der Waals surface area contributed by atoms with E-state index in [1.807, 2.05) is 26.0 Å². The van der Waals surface area contributed by atoms with Crippen molar-refractivity contribution in [1.82, 2.24) is 4.90 Å². The number of rotatable bonds is 7. The van der Waals surface area contributed by atoms with Crippen LogP contribution in [0.15, 0.2) is 24.3 Å². The Morgan fingerprint density at radius 2 is 2.11 bits per heavy atom. The summed E-state index contributed by atoms with van der Waals surface area (Å²) in [4.78, 5) is 13.6. The predicted octanol–water partition coefficient (Wildman–Crippen LogP) is 1.27. The number of carbonyl (C=O) groups excluding carboxylic acids is 1. The SMILES string of the molecule is CC(C)N(CCO)C(=O)CCOc1ccccc1N. The fraction of sp³-hybridized carbons (Fsp3) is 0.500. The Bertz CT molecular complexity index is 407. The third-order valence-corrected chi connectivity index (χ3v) is 2.78. The maximum absolute atomic E-state index is 12.0. The highest BCUT2D eigenvalue weighted by molar-refractivity contribution is 5.76. The van der Waals surface area contributed by atoms with E-state index in [1.165, 1.54) is 0 Å². The smallest absolute Gasteiger partial charge is 0.226 e. The highest BCUT2D eigenvalue weighted by Gasteiger charge is 2.16. The van der Waals surface area contributed by atoms with Crippen LogP contribution in [0.1, 0.15) is 20.3 Å². The van der Waals surface area contributed by atoms with E-state index in [1.54, 1.807) is 17.0 Å². The summed E-state index contributed by atoms with van der Waals surface area (Å²) >= 11 is 0. The standard InChI is InChI=1S/C14H22N2O3/c1-11(2)16(8-9-17)14(18)7-10-19-13-6-4-3-5-12(13)15/h3-6,11,17H,7-10,15H2,1-2H3. The second-order valence-corrected chi connectivity index (χ2v) is 4.54. The molecular weight excluding hydrogens is 244 g/mol. The van der Waals surface area contributed by atoms with Crippen molar-refractivity contribution in [3.63, 3.8) is 0 Å². The van der Waals surface area contributed by atoms with Crippen molar-refractivity contribution in [3.8, 4) is 5.75 Å². The molecule has 19 heavy (non-hydrogen) atoms. The van der Waals surface area contributed by atoms with Crippen LogP contribution in [0.25, 0.3) is 0 Å². The fourth-order valence-corrected chi connectivity index (χ4v) is 1.78. The molecular formula is C14H22N2O3. The minimum absolute atomic E-state index is 0.0291. The Kier molecular flexibility index (Phi) is 6.15. The van der Waals surface area contributed by atoms with Crippen LogP contribution < -0.4 is 10.5 Å². The first-order chi connectivity index (χ1) is 9.06. The van der Waals surface area contributed by atoms with E-state index in [0.717, 1.165) is 0 Å². The van der Waals surface area contributed by atoms with Crippen molar-refractivity contribution < 1.29 is 14.6 Å². The molecule has 0 atom stereocenters. The van der Waals surface area contributed by atoms with Crippen LogP contribution in [0.2, 0.25) is 0 Å². The molecule has 106 valence electrons. The summed E-state index contributed by atoms with van der Waals surface area (Å²) in [6.07, 6.45) is 0.270. The molecule has 0 unspecified atom stereocenters. The van der Waals surface area contributed by atoms with Gasteiger partial charge in [-0.05, 0) is 26.0 Å². The second kappa shape index (κ2) is 7.63. The molecule has 0 saturated heterocycles. The number of aliphatic hydroxyl groups is 1. The summed E-state index contributed by atoms with van der Waals surface area (Å²) in [6, 6.07) is 7.26. The molecule has 0 radical (unpaired) electrons. The molecule has 5 heteroatoms. The van der Waals surface area contributed by atoms with Crippen LogP contribution >= 0.6 is 0 Å². The number of nitrogen functional groups attached to an aromatic ring is 1. The Balaban J connectivity index is 2.44. The monoisotopic (exact) mass is 266 g/mol. The first-order valence-corrected chi connectivity index (χ1v) is 6.44. The molecule has 0 fully saturated rings. The number of ether oxygens (including phenoxy) is 1. The molecule has 0 heterocycles. The predicted molar refractivity (Wildman–Crippen MR) is 74.9 cm³/mol. The van der Waals surface area contributed by atoms with Gasteiger partial charge in [-0.3, -0.25) is 4.79 Å². The highest BCUT2D eigenvalue weighted by Crippen LogP contribution is 2.19. The zero-order valence-corrected chi connectivity index (χ0v) is 11.5. The van der Waals surface area contributed by atoms with Crippen LogP contribution in [0.5, 0.6) is 5.75 Å². The fourth-order valence-electron chi connectivity index (χ4n) is 1.78.